The van der Waals surface area contributed by atoms with Crippen molar-refractivity contribution in [1.82, 2.24) is 4.57 Å². The molecule has 2 heterocycles. The van der Waals surface area contributed by atoms with Gasteiger partial charge in [0.15, 0.2) is 0 Å². The summed E-state index contributed by atoms with van der Waals surface area (Å²) in [6, 6.07) is 19.6. The number of para-hydroxylation sites is 1. The van der Waals surface area contributed by atoms with Crippen molar-refractivity contribution < 1.29 is 0 Å². The number of hydrogen-bond acceptors (Lipinski definition) is 4. The van der Waals surface area contributed by atoms with Crippen molar-refractivity contribution in [3.05, 3.63) is 81.7 Å². The van der Waals surface area contributed by atoms with E-state index < -0.39 is 0 Å². The fourth-order valence-corrected chi connectivity index (χ4v) is 3.83. The second kappa shape index (κ2) is 7.06. The molecular formula is C23H18N4O. The van der Waals surface area contributed by atoms with Crippen molar-refractivity contribution >= 4 is 22.2 Å². The van der Waals surface area contributed by atoms with Crippen molar-refractivity contribution in [1.29, 1.82) is 10.5 Å². The maximum absolute atomic E-state index is 12.7. The van der Waals surface area contributed by atoms with Crippen molar-refractivity contribution in [3.63, 3.8) is 0 Å². The maximum atomic E-state index is 12.7. The van der Waals surface area contributed by atoms with Crippen LogP contribution in [-0.2, 0) is 7.05 Å². The van der Waals surface area contributed by atoms with E-state index in [0.29, 0.717) is 24.3 Å². The molecule has 0 saturated heterocycles. The minimum absolute atomic E-state index is 0.185. The number of nitrogens with zero attached hydrogens (tertiary/aromatic N) is 4. The van der Waals surface area contributed by atoms with Gasteiger partial charge in [-0.2, -0.15) is 10.5 Å². The molecule has 0 atom stereocenters. The summed E-state index contributed by atoms with van der Waals surface area (Å²) in [5, 5.41) is 19.7. The first-order valence-corrected chi connectivity index (χ1v) is 9.10. The van der Waals surface area contributed by atoms with Gasteiger partial charge in [0.1, 0.15) is 11.6 Å². The van der Waals surface area contributed by atoms with E-state index >= 15 is 0 Å². The van der Waals surface area contributed by atoms with Gasteiger partial charge >= 0.3 is 0 Å². The van der Waals surface area contributed by atoms with E-state index in [-0.39, 0.29) is 11.1 Å². The highest BCUT2D eigenvalue weighted by Gasteiger charge is 2.22. The first-order valence-electron chi connectivity index (χ1n) is 9.10. The average Bonchev–Trinajstić information content (AvgIpc) is 2.76. The summed E-state index contributed by atoms with van der Waals surface area (Å²) >= 11 is 0. The predicted octanol–water partition coefficient (Wildman–Crippen LogP) is 3.58. The Morgan fingerprint density at radius 1 is 1.04 bits per heavy atom. The second-order valence-electron chi connectivity index (χ2n) is 6.83. The Hall–Kier alpha value is -3.83. The first-order chi connectivity index (χ1) is 13.6. The van der Waals surface area contributed by atoms with E-state index in [4.69, 9.17) is 5.26 Å². The van der Waals surface area contributed by atoms with Gasteiger partial charge in [0.25, 0.3) is 5.56 Å². The largest absolute Gasteiger partial charge is 0.366 e. The molecule has 0 aliphatic carbocycles. The first kappa shape index (κ1) is 17.6. The average molecular weight is 366 g/mol. The standard InChI is InChI=1S/C23H18N4O/c1-26-21-8-3-2-7-19(21)22(20(15-25)23(26)28)27-11-9-17(10-12-27)18-6-4-5-16(13-18)14-24/h2-9,13H,10-12H2,1H3. The Bertz CT molecular complexity index is 1250. The van der Waals surface area contributed by atoms with Gasteiger partial charge in [-0.3, -0.25) is 4.79 Å². The van der Waals surface area contributed by atoms with Crippen LogP contribution in [0.25, 0.3) is 16.5 Å². The van der Waals surface area contributed by atoms with Gasteiger partial charge in [0.2, 0.25) is 0 Å². The zero-order chi connectivity index (χ0) is 19.7. The summed E-state index contributed by atoms with van der Waals surface area (Å²) < 4.78 is 1.54. The molecule has 0 radical (unpaired) electrons. The van der Waals surface area contributed by atoms with E-state index in [2.05, 4.69) is 23.1 Å². The van der Waals surface area contributed by atoms with Crippen LogP contribution in [0.1, 0.15) is 23.1 Å². The third kappa shape index (κ3) is 2.84. The molecule has 0 fully saturated rings. The summed E-state index contributed by atoms with van der Waals surface area (Å²) in [6.45, 7) is 1.31. The van der Waals surface area contributed by atoms with Gasteiger partial charge in [-0.1, -0.05) is 36.4 Å². The SMILES string of the molecule is Cn1c(=O)c(C#N)c(N2CC=C(c3cccc(C#N)c3)CC2)c2ccccc21. The molecule has 0 N–H and O–H groups in total. The Kier molecular flexibility index (Phi) is 4.43. The lowest BCUT2D eigenvalue weighted by atomic mass is 9.97. The van der Waals surface area contributed by atoms with Crippen LogP contribution in [0.15, 0.2) is 59.4 Å². The van der Waals surface area contributed by atoms with E-state index in [1.165, 1.54) is 10.1 Å². The van der Waals surface area contributed by atoms with Crippen LogP contribution in [0.4, 0.5) is 5.69 Å². The molecule has 4 rings (SSSR count). The molecule has 5 nitrogen and oxygen atoms in total. The topological polar surface area (TPSA) is 72.8 Å². The van der Waals surface area contributed by atoms with Crippen LogP contribution < -0.4 is 10.5 Å². The Morgan fingerprint density at radius 3 is 2.57 bits per heavy atom. The van der Waals surface area contributed by atoms with Crippen LogP contribution in [0, 0.1) is 22.7 Å². The summed E-state index contributed by atoms with van der Waals surface area (Å²) in [5.41, 5.74) is 4.32. The minimum Gasteiger partial charge on any atom is -0.366 e. The summed E-state index contributed by atoms with van der Waals surface area (Å²) in [4.78, 5) is 14.8. The molecular weight excluding hydrogens is 348 g/mol. The molecule has 5 heteroatoms. The maximum Gasteiger partial charge on any atom is 0.270 e. The number of aryl methyl sites for hydroxylation is 1. The van der Waals surface area contributed by atoms with E-state index in [1.807, 2.05) is 42.5 Å². The third-order valence-corrected chi connectivity index (χ3v) is 5.28. The number of aromatic nitrogens is 1. The highest BCUT2D eigenvalue weighted by Crippen LogP contribution is 2.32. The number of fused-ring (bicyclic) bond motifs is 1. The minimum atomic E-state index is -0.271. The number of nitriles is 2. The number of anilines is 1. The lowest BCUT2D eigenvalue weighted by Crippen LogP contribution is -2.32. The predicted molar refractivity (Wildman–Crippen MR) is 110 cm³/mol. The molecule has 0 unspecified atom stereocenters. The fourth-order valence-electron chi connectivity index (χ4n) is 3.83. The highest BCUT2D eigenvalue weighted by atomic mass is 16.1. The van der Waals surface area contributed by atoms with Crippen LogP contribution in [0.3, 0.4) is 0 Å². The van der Waals surface area contributed by atoms with Gasteiger partial charge in [-0.25, -0.2) is 0 Å². The molecule has 0 amide bonds. The normalized spacial score (nSPS) is 13.7. The molecule has 0 spiro atoms. The monoisotopic (exact) mass is 366 g/mol. The molecule has 3 aromatic rings. The van der Waals surface area contributed by atoms with Gasteiger partial charge in [-0.15, -0.1) is 0 Å². The number of pyridine rings is 1. The van der Waals surface area contributed by atoms with Gasteiger partial charge in [-0.05, 0) is 35.8 Å². The summed E-state index contributed by atoms with van der Waals surface area (Å²) in [7, 11) is 1.70. The Morgan fingerprint density at radius 2 is 1.86 bits per heavy atom. The highest BCUT2D eigenvalue weighted by molar-refractivity contribution is 5.95. The molecule has 28 heavy (non-hydrogen) atoms. The summed E-state index contributed by atoms with van der Waals surface area (Å²) in [5.74, 6) is 0. The lowest BCUT2D eigenvalue weighted by Gasteiger charge is -2.30. The molecule has 1 aliphatic heterocycles. The number of hydrogen-bond donors (Lipinski definition) is 0. The number of rotatable bonds is 2. The van der Waals surface area contributed by atoms with Crippen molar-refractivity contribution in [2.24, 2.45) is 7.05 Å². The second-order valence-corrected chi connectivity index (χ2v) is 6.83. The Balaban J connectivity index is 1.78. The molecule has 2 aromatic carbocycles. The van der Waals surface area contributed by atoms with Gasteiger partial charge in [0, 0.05) is 25.5 Å². The van der Waals surface area contributed by atoms with Gasteiger partial charge < -0.3 is 9.47 Å². The Labute approximate surface area is 163 Å². The quantitative estimate of drug-likeness (QED) is 0.695. The molecule has 1 aliphatic rings. The number of benzene rings is 2. The van der Waals surface area contributed by atoms with E-state index in [9.17, 15) is 10.1 Å². The zero-order valence-electron chi connectivity index (χ0n) is 15.5. The van der Waals surface area contributed by atoms with Crippen LogP contribution in [-0.4, -0.2) is 17.7 Å². The van der Waals surface area contributed by atoms with Crippen molar-refractivity contribution in [2.45, 2.75) is 6.42 Å². The fraction of sp³-hybridized carbons (Fsp3) is 0.174. The molecule has 0 saturated carbocycles. The van der Waals surface area contributed by atoms with Crippen LogP contribution >= 0.6 is 0 Å². The third-order valence-electron chi connectivity index (χ3n) is 5.28. The van der Waals surface area contributed by atoms with Crippen LogP contribution in [0.5, 0.6) is 0 Å². The van der Waals surface area contributed by atoms with Crippen molar-refractivity contribution in [2.75, 3.05) is 18.0 Å². The molecule has 0 bridgehead atoms. The smallest absolute Gasteiger partial charge is 0.270 e. The molecule has 136 valence electrons. The molecule has 1 aromatic heterocycles. The van der Waals surface area contributed by atoms with E-state index in [1.54, 1.807) is 13.1 Å². The van der Waals surface area contributed by atoms with E-state index in [0.717, 1.165) is 22.9 Å². The summed E-state index contributed by atoms with van der Waals surface area (Å²) in [6.07, 6.45) is 2.90. The lowest BCUT2D eigenvalue weighted by molar-refractivity contribution is 0.825. The van der Waals surface area contributed by atoms with Gasteiger partial charge in [0.05, 0.1) is 22.8 Å². The zero-order valence-corrected chi connectivity index (χ0v) is 15.5. The van der Waals surface area contributed by atoms with Crippen LogP contribution in [0.2, 0.25) is 0 Å². The van der Waals surface area contributed by atoms with Crippen molar-refractivity contribution in [3.8, 4) is 12.1 Å².